The molecule has 3 unspecified atom stereocenters. The summed E-state index contributed by atoms with van der Waals surface area (Å²) in [4.78, 5) is 133. The second-order valence-corrected chi connectivity index (χ2v) is 34.9. The summed E-state index contributed by atoms with van der Waals surface area (Å²) in [5.41, 5.74) is 0.844. The molecule has 2 saturated heterocycles. The molecule has 7 aliphatic rings. The average Bonchev–Trinajstić information content (AvgIpc) is 0.755. The number of aromatic hydroxyl groups is 3. The molecule has 12 rings (SSSR count). The lowest BCUT2D eigenvalue weighted by molar-refractivity contribution is -0.335. The van der Waals surface area contributed by atoms with Crippen molar-refractivity contribution in [3.8, 4) is 57.1 Å². The number of carboxylic acids is 1. The number of hydrogen-bond acceptors (Lipinski definition) is 33. The SMILES string of the molecule is CCCCCCCCCCNCCNC1(CC)C[C@H](O[C@@H]2C(O)C(O)[C@@H](CO)O[C@H]2Oc2c3cc4cc2Oc2ccc(cc2Cl)[C@@H](O)[C@@H](NC(=O)[C@@H](CC(C)C)NC)C(=O)N[C@@H](CC(N)=O)C(=O)N[C@H]4C(=O)N[C@H]2C(=O)N[C@H](C(=O)N[C@H](C(=O)O)c4cc(O)c(CNCCCNC(=O)[C@H](O)[C@@H](O)[C@H](O)[C@H](O)CO)c(O)c4-c4cc2ccc4O)[C@H](O)c2ccc(c(Cl)c2)O3)O[C@@H](C)[C@H]1O. The summed E-state index contributed by atoms with van der Waals surface area (Å²) < 4.78 is 39.8. The van der Waals surface area contributed by atoms with E-state index in [9.17, 15) is 95.8 Å². The summed E-state index contributed by atoms with van der Waals surface area (Å²) in [5, 5.41) is 198. The van der Waals surface area contributed by atoms with E-state index in [-0.39, 0.29) is 55.1 Å². The van der Waals surface area contributed by atoms with E-state index in [0.29, 0.717) is 19.5 Å². The number of rotatable bonds is 38. The van der Waals surface area contributed by atoms with Crippen LogP contribution in [0.15, 0.2) is 72.8 Å². The maximum atomic E-state index is 16.5. The number of fused-ring (bicyclic) bond motifs is 15. The number of phenols is 3. The fourth-order valence-electron chi connectivity index (χ4n) is 16.6. The van der Waals surface area contributed by atoms with E-state index in [1.54, 1.807) is 6.92 Å². The maximum Gasteiger partial charge on any atom is 0.330 e. The Hall–Kier alpha value is -10.0. The maximum absolute atomic E-state index is 16.5. The molecule has 0 radical (unpaired) electrons. The van der Waals surface area contributed by atoms with Crippen LogP contribution in [0.3, 0.4) is 0 Å². The normalized spacial score (nSPS) is 26.2. The second kappa shape index (κ2) is 47.9. The van der Waals surface area contributed by atoms with Gasteiger partial charge in [0.1, 0.15) is 108 Å². The molecule has 42 nitrogen and oxygen atoms in total. The van der Waals surface area contributed by atoms with Gasteiger partial charge in [-0.25, -0.2) is 4.79 Å². The molecule has 7 heterocycles. The third-order valence-corrected chi connectivity index (χ3v) is 24.7. The van der Waals surface area contributed by atoms with Gasteiger partial charge in [-0.1, -0.05) is 114 Å². The number of carbonyl (C=O) groups excluding carboxylic acids is 8. The van der Waals surface area contributed by atoms with E-state index in [0.717, 1.165) is 99.3 Å². The molecule has 732 valence electrons. The molecule has 2 fully saturated rings. The highest BCUT2D eigenvalue weighted by Gasteiger charge is 2.53. The molecule has 0 saturated carbocycles. The number of halogens is 2. The van der Waals surface area contributed by atoms with Gasteiger partial charge in [0.2, 0.25) is 53.4 Å². The van der Waals surface area contributed by atoms with Crippen molar-refractivity contribution in [2.75, 3.05) is 53.0 Å². The Kier molecular flexibility index (Phi) is 37.9. The Morgan fingerprint density at radius 1 is 0.639 bits per heavy atom. The highest BCUT2D eigenvalue weighted by atomic mass is 35.5. The van der Waals surface area contributed by atoms with Gasteiger partial charge >= 0.3 is 5.97 Å². The molecule has 0 spiro atoms. The molecule has 8 amide bonds. The lowest BCUT2D eigenvalue weighted by Crippen LogP contribution is -2.66. The van der Waals surface area contributed by atoms with E-state index in [4.69, 9.17) is 57.4 Å². The number of likely N-dealkylation sites (N-methyl/N-ethyl adjacent to an activating group) is 1. The van der Waals surface area contributed by atoms with E-state index in [1.165, 1.54) is 38.4 Å². The summed E-state index contributed by atoms with van der Waals surface area (Å²) in [7, 11) is 1.46. The largest absolute Gasteiger partial charge is 0.507 e. The Morgan fingerprint density at radius 3 is 1.86 bits per heavy atom. The van der Waals surface area contributed by atoms with E-state index in [2.05, 4.69) is 65.4 Å². The zero-order valence-corrected chi connectivity index (χ0v) is 75.7. The van der Waals surface area contributed by atoms with Crippen molar-refractivity contribution in [1.82, 2.24) is 58.5 Å². The number of aliphatic carboxylic acids is 1. The highest BCUT2D eigenvalue weighted by molar-refractivity contribution is 6.32. The quantitative estimate of drug-likeness (QED) is 0.0229. The highest BCUT2D eigenvalue weighted by Crippen LogP contribution is 2.51. The van der Waals surface area contributed by atoms with Crippen LogP contribution in [0.2, 0.25) is 10.0 Å². The molecule has 11 bridgehead atoms. The molecule has 7 aliphatic heterocycles. The lowest BCUT2D eigenvalue weighted by atomic mass is 9.81. The van der Waals surface area contributed by atoms with Gasteiger partial charge in [0.25, 0.3) is 5.91 Å². The second-order valence-electron chi connectivity index (χ2n) is 34.1. The smallest absolute Gasteiger partial charge is 0.330 e. The van der Waals surface area contributed by atoms with Crippen molar-refractivity contribution in [3.05, 3.63) is 116 Å². The standard InChI is InChI=1S/C89H122Cl2N12O30/c1-7-9-10-11-12-13-14-15-23-94-26-27-97-89(8-2)36-62(128-41(5)79(89)118)132-78-75(116)73(114)60(39-105)131-88(78)133-77-58-32-45-33-59(77)130-57-22-19-44(31-50(57)91)70(111)68-85(124)101-66(87(126)127)47-34-54(107)48(37-95-24-16-25-96-86(125)76(117)74(115)72(113)55(108)38-104)71(112)63(47)46-29-42(17-20-53(46)106)64(82(121)103-68)100-83(122)65(45)99-81(120)52(35-61(92)109)98-84(123)67(102-80(119)51(93-6)28-40(3)4)69(110)43-18-21-56(129-58)49(90)30-43/h17-22,29-34,40-41,51-52,55,60,62,64-70,72-76,78-79,88,93-95,97,104-108,110-118H,7-16,23-28,35-39H2,1-6H3,(H2,92,109)(H,96,125)(H,98,123)(H,99,120)(H,100,122)(H,101,124)(H,102,119)(H,103,121)(H,126,127)/t41-,51+,52-,55+,60+,62-,64+,65+,66-,67+,68-,69+,70+,72+,73?,74-,75?,76+,78+,79+,88-,89?/m0/s1. The van der Waals surface area contributed by atoms with Gasteiger partial charge in [0.05, 0.1) is 59.0 Å². The molecule has 5 aromatic rings. The monoisotopic (exact) mass is 1910 g/mol. The number of aliphatic hydroxyl groups excluding tert-OH is 11. The number of phenolic OH excluding ortho intramolecular Hbond substituents is 3. The number of unbranched alkanes of at least 4 members (excludes halogenated alkanes) is 7. The van der Waals surface area contributed by atoms with Crippen LogP contribution in [0.25, 0.3) is 11.1 Å². The van der Waals surface area contributed by atoms with E-state index >= 15 is 24.0 Å². The predicted octanol–water partition coefficient (Wildman–Crippen LogP) is -0.111. The molecule has 22 atom stereocenters. The van der Waals surface area contributed by atoms with Gasteiger partial charge in [-0.05, 0) is 136 Å². The number of nitrogens with two attached hydrogens (primary N) is 1. The minimum absolute atomic E-state index is 0.0140. The first-order chi connectivity index (χ1) is 63.3. The van der Waals surface area contributed by atoms with Crippen LogP contribution in [0, 0.1) is 5.92 Å². The molecular formula is C89H122Cl2N12O30. The number of ether oxygens (including phenoxy) is 6. The van der Waals surface area contributed by atoms with Crippen molar-refractivity contribution >= 4 is 76.4 Å². The summed E-state index contributed by atoms with van der Waals surface area (Å²) in [6.07, 6.45) is -18.0. The first kappa shape index (κ1) is 105. The number of aliphatic hydroxyl groups is 11. The molecule has 5 aromatic carbocycles. The molecular weight excluding hydrogens is 1790 g/mol. The molecule has 44 heteroatoms. The molecule has 133 heavy (non-hydrogen) atoms. The Bertz CT molecular complexity index is 4910. The minimum atomic E-state index is -2.43. The van der Waals surface area contributed by atoms with Crippen molar-refractivity contribution in [1.29, 1.82) is 0 Å². The summed E-state index contributed by atoms with van der Waals surface area (Å²) >= 11 is 14.4. The number of carbonyl (C=O) groups is 9. The number of carboxylic acid groups (broad SMARTS) is 1. The van der Waals surface area contributed by atoms with E-state index in [1.807, 2.05) is 20.8 Å². The first-order valence-corrected chi connectivity index (χ1v) is 45.0. The number of primary amides is 1. The van der Waals surface area contributed by atoms with Crippen LogP contribution in [0.1, 0.15) is 182 Å². The van der Waals surface area contributed by atoms with Crippen LogP contribution < -0.4 is 78.4 Å². The topological polar surface area (TPSA) is 671 Å². The molecule has 28 N–H and O–H groups in total. The van der Waals surface area contributed by atoms with Crippen molar-refractivity contribution in [3.63, 3.8) is 0 Å². The third kappa shape index (κ3) is 25.8. The zero-order chi connectivity index (χ0) is 97.1. The van der Waals surface area contributed by atoms with Gasteiger partial charge < -0.3 is 169 Å². The van der Waals surface area contributed by atoms with Crippen molar-refractivity contribution in [2.24, 2.45) is 11.7 Å². The number of benzene rings is 5. The van der Waals surface area contributed by atoms with Gasteiger partial charge in [0, 0.05) is 49.3 Å². The summed E-state index contributed by atoms with van der Waals surface area (Å²) in [6.45, 7) is 7.93. The average molecular weight is 1910 g/mol. The Labute approximate surface area is 775 Å². The van der Waals surface area contributed by atoms with Crippen LogP contribution in [0.5, 0.6) is 46.0 Å². The fourth-order valence-corrected chi connectivity index (χ4v) is 17.0. The number of amides is 8. The third-order valence-electron chi connectivity index (χ3n) is 24.1. The predicted molar refractivity (Wildman–Crippen MR) is 474 cm³/mol. The Morgan fingerprint density at radius 2 is 1.26 bits per heavy atom. The zero-order valence-electron chi connectivity index (χ0n) is 74.1. The fraction of sp³-hybridized carbons (Fsp3) is 0.562. The van der Waals surface area contributed by atoms with Crippen LogP contribution in [-0.4, -0.2) is 286 Å². The van der Waals surface area contributed by atoms with Gasteiger partial charge in [0.15, 0.2) is 36.0 Å². The van der Waals surface area contributed by atoms with Gasteiger partial charge in [-0.15, -0.1) is 0 Å². The van der Waals surface area contributed by atoms with Gasteiger partial charge in [-0.3, -0.25) is 38.4 Å². The van der Waals surface area contributed by atoms with Crippen LogP contribution in [-0.2, 0) is 63.9 Å². The minimum Gasteiger partial charge on any atom is -0.507 e. The van der Waals surface area contributed by atoms with Crippen molar-refractivity contribution in [2.45, 2.75) is 258 Å². The van der Waals surface area contributed by atoms with E-state index < -0.39 is 297 Å². The van der Waals surface area contributed by atoms with Gasteiger partial charge in [-0.2, -0.15) is 0 Å². The number of hydrogen-bond donors (Lipinski definition) is 27. The summed E-state index contributed by atoms with van der Waals surface area (Å²) in [6, 6.07) is -2.32. The molecule has 0 aliphatic carbocycles. The molecule has 0 aromatic heterocycles. The number of nitrogens with one attached hydrogen (secondary N) is 11. The van der Waals surface area contributed by atoms with Crippen molar-refractivity contribution < 1.29 is 148 Å². The first-order valence-electron chi connectivity index (χ1n) is 44.2. The summed E-state index contributed by atoms with van der Waals surface area (Å²) in [5.74, 6) is -18.2. The van der Waals surface area contributed by atoms with Crippen LogP contribution in [0.4, 0.5) is 0 Å². The Balaban J connectivity index is 1.14. The van der Waals surface area contributed by atoms with Crippen LogP contribution >= 0.6 is 23.2 Å². The lowest BCUT2D eigenvalue weighted by Gasteiger charge is -2.49.